The van der Waals surface area contributed by atoms with Crippen LogP contribution < -0.4 is 5.32 Å². The van der Waals surface area contributed by atoms with Gasteiger partial charge in [0.25, 0.3) is 0 Å². The van der Waals surface area contributed by atoms with E-state index in [-0.39, 0.29) is 18.6 Å². The standard InChI is InChI=1S/C10H18N2O4/c1-7(9(14)15)11-10(16)12-4-2-3-8(5-12)6-13/h7-8,13H,2-6H2,1H3,(H,11,16)(H,14,15)/t7-,8?/m0/s1. The Balaban J connectivity index is 2.44. The average Bonchev–Trinajstić information content (AvgIpc) is 2.28. The zero-order valence-corrected chi connectivity index (χ0v) is 9.35. The number of carboxylic acids is 1. The highest BCUT2D eigenvalue weighted by molar-refractivity contribution is 5.82. The molecule has 0 aliphatic carbocycles. The molecule has 2 atom stereocenters. The Bertz CT molecular complexity index is 270. The van der Waals surface area contributed by atoms with Gasteiger partial charge in [-0.25, -0.2) is 4.79 Å². The molecule has 1 aliphatic heterocycles. The van der Waals surface area contributed by atoms with Crippen molar-refractivity contribution in [2.24, 2.45) is 5.92 Å². The van der Waals surface area contributed by atoms with Gasteiger partial charge in [0.1, 0.15) is 6.04 Å². The van der Waals surface area contributed by atoms with Crippen LogP contribution in [0.25, 0.3) is 0 Å². The predicted molar refractivity (Wildman–Crippen MR) is 57.0 cm³/mol. The fourth-order valence-electron chi connectivity index (χ4n) is 1.74. The van der Waals surface area contributed by atoms with Crippen LogP contribution in [0.15, 0.2) is 0 Å². The van der Waals surface area contributed by atoms with Crippen LogP contribution >= 0.6 is 0 Å². The van der Waals surface area contributed by atoms with Crippen LogP contribution in [-0.4, -0.2) is 52.9 Å². The summed E-state index contributed by atoms with van der Waals surface area (Å²) in [6.45, 7) is 2.61. The number of carboxylic acid groups (broad SMARTS) is 1. The Morgan fingerprint density at radius 1 is 1.56 bits per heavy atom. The molecule has 1 fully saturated rings. The van der Waals surface area contributed by atoms with Crippen molar-refractivity contribution in [2.45, 2.75) is 25.8 Å². The lowest BCUT2D eigenvalue weighted by atomic mass is 9.99. The maximum atomic E-state index is 11.6. The molecule has 1 heterocycles. The van der Waals surface area contributed by atoms with Gasteiger partial charge in [-0.15, -0.1) is 0 Å². The maximum absolute atomic E-state index is 11.6. The van der Waals surface area contributed by atoms with Gasteiger partial charge in [-0.2, -0.15) is 0 Å². The van der Waals surface area contributed by atoms with Gasteiger partial charge in [-0.3, -0.25) is 4.79 Å². The molecule has 6 nitrogen and oxygen atoms in total. The van der Waals surface area contributed by atoms with Crippen molar-refractivity contribution in [3.63, 3.8) is 0 Å². The smallest absolute Gasteiger partial charge is 0.325 e. The summed E-state index contributed by atoms with van der Waals surface area (Å²) in [5, 5.41) is 20.1. The number of aliphatic carboxylic acids is 1. The SMILES string of the molecule is C[C@H](NC(=O)N1CCCC(CO)C1)C(=O)O. The highest BCUT2D eigenvalue weighted by atomic mass is 16.4. The number of hydrogen-bond acceptors (Lipinski definition) is 3. The van der Waals surface area contributed by atoms with Gasteiger partial charge in [0.15, 0.2) is 0 Å². The molecule has 92 valence electrons. The molecule has 0 aromatic rings. The summed E-state index contributed by atoms with van der Waals surface area (Å²) in [6.07, 6.45) is 1.76. The lowest BCUT2D eigenvalue weighted by Crippen LogP contribution is -2.50. The van der Waals surface area contributed by atoms with E-state index in [9.17, 15) is 9.59 Å². The monoisotopic (exact) mass is 230 g/mol. The zero-order chi connectivity index (χ0) is 12.1. The topological polar surface area (TPSA) is 89.9 Å². The van der Waals surface area contributed by atoms with Gasteiger partial charge in [0.2, 0.25) is 0 Å². The molecular weight excluding hydrogens is 212 g/mol. The number of aliphatic hydroxyl groups is 1. The number of piperidine rings is 1. The second-order valence-corrected chi connectivity index (χ2v) is 4.15. The summed E-state index contributed by atoms with van der Waals surface area (Å²) in [4.78, 5) is 23.8. The van der Waals surface area contributed by atoms with Crippen molar-refractivity contribution < 1.29 is 19.8 Å². The minimum atomic E-state index is -1.05. The van der Waals surface area contributed by atoms with Gasteiger partial charge >= 0.3 is 12.0 Å². The van der Waals surface area contributed by atoms with Crippen LogP contribution in [0.3, 0.4) is 0 Å². The van der Waals surface area contributed by atoms with Crippen LogP contribution in [0.4, 0.5) is 4.79 Å². The minimum absolute atomic E-state index is 0.0677. The van der Waals surface area contributed by atoms with E-state index < -0.39 is 12.0 Å². The molecule has 0 spiro atoms. The van der Waals surface area contributed by atoms with E-state index in [1.807, 2.05) is 0 Å². The number of likely N-dealkylation sites (tertiary alicyclic amines) is 1. The molecule has 0 radical (unpaired) electrons. The van der Waals surface area contributed by atoms with E-state index in [4.69, 9.17) is 10.2 Å². The van der Waals surface area contributed by atoms with Crippen LogP contribution in [0.1, 0.15) is 19.8 Å². The lowest BCUT2D eigenvalue weighted by Gasteiger charge is -2.32. The van der Waals surface area contributed by atoms with Gasteiger partial charge in [-0.05, 0) is 25.7 Å². The summed E-state index contributed by atoms with van der Waals surface area (Å²) in [6, 6.07) is -1.25. The summed E-state index contributed by atoms with van der Waals surface area (Å²) in [5.74, 6) is -0.941. The third-order valence-corrected chi connectivity index (χ3v) is 2.77. The second-order valence-electron chi connectivity index (χ2n) is 4.15. The third-order valence-electron chi connectivity index (χ3n) is 2.77. The molecule has 6 heteroatoms. The summed E-state index contributed by atoms with van der Waals surface area (Å²) in [7, 11) is 0. The first kappa shape index (κ1) is 12.8. The number of nitrogens with zero attached hydrogens (tertiary/aromatic N) is 1. The molecule has 1 rings (SSSR count). The summed E-state index contributed by atoms with van der Waals surface area (Å²) >= 11 is 0. The highest BCUT2D eigenvalue weighted by Crippen LogP contribution is 2.15. The Hall–Kier alpha value is -1.30. The summed E-state index contributed by atoms with van der Waals surface area (Å²) in [5.41, 5.74) is 0. The first-order valence-corrected chi connectivity index (χ1v) is 5.43. The first-order valence-electron chi connectivity index (χ1n) is 5.43. The van der Waals surface area contributed by atoms with Gasteiger partial charge in [0, 0.05) is 19.7 Å². The Kier molecular flexibility index (Phi) is 4.54. The molecule has 1 unspecified atom stereocenters. The highest BCUT2D eigenvalue weighted by Gasteiger charge is 2.25. The van der Waals surface area contributed by atoms with E-state index in [2.05, 4.69) is 5.32 Å². The van der Waals surface area contributed by atoms with Crippen molar-refractivity contribution in [2.75, 3.05) is 19.7 Å². The number of aliphatic hydroxyl groups excluding tert-OH is 1. The van der Waals surface area contributed by atoms with Crippen molar-refractivity contribution in [1.29, 1.82) is 0 Å². The summed E-state index contributed by atoms with van der Waals surface area (Å²) < 4.78 is 0. The Labute approximate surface area is 94.2 Å². The van der Waals surface area contributed by atoms with Gasteiger partial charge in [0.05, 0.1) is 0 Å². The Morgan fingerprint density at radius 3 is 2.81 bits per heavy atom. The molecule has 0 bridgehead atoms. The van der Waals surface area contributed by atoms with E-state index in [1.165, 1.54) is 6.92 Å². The number of rotatable bonds is 3. The normalized spacial score (nSPS) is 22.6. The zero-order valence-electron chi connectivity index (χ0n) is 9.35. The molecule has 1 aliphatic rings. The van der Waals surface area contributed by atoms with Crippen molar-refractivity contribution >= 4 is 12.0 Å². The third kappa shape index (κ3) is 3.37. The molecule has 1 saturated heterocycles. The molecular formula is C10H18N2O4. The number of carbonyl (C=O) groups excluding carboxylic acids is 1. The van der Waals surface area contributed by atoms with Crippen LogP contribution in [-0.2, 0) is 4.79 Å². The van der Waals surface area contributed by atoms with E-state index in [0.717, 1.165) is 12.8 Å². The first-order chi connectivity index (χ1) is 7.54. The number of amides is 2. The van der Waals surface area contributed by atoms with Gasteiger partial charge in [-0.1, -0.05) is 0 Å². The van der Waals surface area contributed by atoms with Crippen molar-refractivity contribution in [3.05, 3.63) is 0 Å². The second kappa shape index (κ2) is 5.69. The lowest BCUT2D eigenvalue weighted by molar-refractivity contribution is -0.138. The van der Waals surface area contributed by atoms with Gasteiger partial charge < -0.3 is 20.4 Å². The van der Waals surface area contributed by atoms with E-state index >= 15 is 0 Å². The van der Waals surface area contributed by atoms with E-state index in [1.54, 1.807) is 4.90 Å². The predicted octanol–water partition coefficient (Wildman–Crippen LogP) is -0.127. The number of urea groups is 1. The maximum Gasteiger partial charge on any atom is 0.325 e. The Morgan fingerprint density at radius 2 is 2.25 bits per heavy atom. The molecule has 3 N–H and O–H groups in total. The molecule has 0 aromatic heterocycles. The number of nitrogens with one attached hydrogen (secondary N) is 1. The van der Waals surface area contributed by atoms with Crippen molar-refractivity contribution in [3.8, 4) is 0 Å². The largest absolute Gasteiger partial charge is 0.480 e. The molecule has 0 saturated carbocycles. The number of carbonyl (C=O) groups is 2. The fraction of sp³-hybridized carbons (Fsp3) is 0.800. The van der Waals surface area contributed by atoms with E-state index in [0.29, 0.717) is 13.1 Å². The van der Waals surface area contributed by atoms with Crippen LogP contribution in [0, 0.1) is 5.92 Å². The number of hydrogen-bond donors (Lipinski definition) is 3. The molecule has 2 amide bonds. The minimum Gasteiger partial charge on any atom is -0.480 e. The molecule has 16 heavy (non-hydrogen) atoms. The fourth-order valence-corrected chi connectivity index (χ4v) is 1.74. The van der Waals surface area contributed by atoms with Crippen molar-refractivity contribution in [1.82, 2.24) is 10.2 Å². The average molecular weight is 230 g/mol. The quantitative estimate of drug-likeness (QED) is 0.630. The molecule has 0 aromatic carbocycles. The van der Waals surface area contributed by atoms with Crippen LogP contribution in [0.5, 0.6) is 0 Å². The van der Waals surface area contributed by atoms with Crippen LogP contribution in [0.2, 0.25) is 0 Å².